The Balaban J connectivity index is 2.03. The average Bonchev–Trinajstić information content (AvgIpc) is 2.18. The Morgan fingerprint density at radius 1 is 1.14 bits per heavy atom. The van der Waals surface area contributed by atoms with Crippen molar-refractivity contribution >= 4 is 0 Å². The Bertz CT molecular complexity index is 189. The van der Waals surface area contributed by atoms with E-state index in [1.54, 1.807) is 0 Å². The zero-order valence-electron chi connectivity index (χ0n) is 9.58. The summed E-state index contributed by atoms with van der Waals surface area (Å²) >= 11 is 0. The van der Waals surface area contributed by atoms with E-state index in [2.05, 4.69) is 18.7 Å². The zero-order chi connectivity index (χ0) is 10.1. The highest BCUT2D eigenvalue weighted by atomic mass is 15.2. The summed E-state index contributed by atoms with van der Waals surface area (Å²) < 4.78 is 0. The molecule has 0 bridgehead atoms. The first kappa shape index (κ1) is 10.4. The van der Waals surface area contributed by atoms with Crippen molar-refractivity contribution in [2.75, 3.05) is 6.54 Å². The van der Waals surface area contributed by atoms with Crippen molar-refractivity contribution < 1.29 is 0 Å². The van der Waals surface area contributed by atoms with Crippen molar-refractivity contribution in [2.24, 2.45) is 11.7 Å². The van der Waals surface area contributed by atoms with E-state index in [4.69, 9.17) is 5.73 Å². The van der Waals surface area contributed by atoms with Crippen LogP contribution in [0.2, 0.25) is 0 Å². The molecule has 2 heteroatoms. The molecular formula is C12H24N2. The summed E-state index contributed by atoms with van der Waals surface area (Å²) in [4.78, 5) is 2.73. The maximum Gasteiger partial charge on any atom is 0.0224 e. The number of hydrogen-bond acceptors (Lipinski definition) is 2. The highest BCUT2D eigenvalue weighted by Gasteiger charge is 2.39. The van der Waals surface area contributed by atoms with Gasteiger partial charge in [0.25, 0.3) is 0 Å². The van der Waals surface area contributed by atoms with E-state index in [1.807, 2.05) is 0 Å². The van der Waals surface area contributed by atoms with Crippen molar-refractivity contribution in [3.63, 3.8) is 0 Å². The van der Waals surface area contributed by atoms with Gasteiger partial charge in [-0.1, -0.05) is 13.3 Å². The van der Waals surface area contributed by atoms with Gasteiger partial charge in [-0.2, -0.15) is 0 Å². The molecule has 2 N–H and O–H groups in total. The van der Waals surface area contributed by atoms with Gasteiger partial charge in [-0.05, 0) is 38.5 Å². The molecule has 2 fully saturated rings. The number of likely N-dealkylation sites (tertiary alicyclic amines) is 1. The Kier molecular flexibility index (Phi) is 3.13. The second-order valence-electron chi connectivity index (χ2n) is 5.24. The molecule has 2 aliphatic rings. The predicted molar refractivity (Wildman–Crippen MR) is 60.2 cm³/mol. The van der Waals surface area contributed by atoms with Gasteiger partial charge in [0.2, 0.25) is 0 Å². The quantitative estimate of drug-likeness (QED) is 0.732. The highest BCUT2D eigenvalue weighted by molar-refractivity contribution is 4.94. The third kappa shape index (κ3) is 1.70. The average molecular weight is 196 g/mol. The lowest BCUT2D eigenvalue weighted by Crippen LogP contribution is -2.58. The van der Waals surface area contributed by atoms with Gasteiger partial charge in [-0.15, -0.1) is 0 Å². The molecule has 0 spiro atoms. The van der Waals surface area contributed by atoms with Crippen LogP contribution in [-0.4, -0.2) is 29.6 Å². The van der Waals surface area contributed by atoms with E-state index < -0.39 is 0 Å². The summed E-state index contributed by atoms with van der Waals surface area (Å²) in [6.07, 6.45) is 6.90. The molecule has 4 unspecified atom stereocenters. The Morgan fingerprint density at radius 3 is 2.43 bits per heavy atom. The summed E-state index contributed by atoms with van der Waals surface area (Å²) in [7, 11) is 0. The van der Waals surface area contributed by atoms with Gasteiger partial charge in [-0.3, -0.25) is 4.90 Å². The fourth-order valence-corrected chi connectivity index (χ4v) is 3.24. The van der Waals surface area contributed by atoms with E-state index in [9.17, 15) is 0 Å². The monoisotopic (exact) mass is 196 g/mol. The Labute approximate surface area is 87.8 Å². The molecule has 2 nitrogen and oxygen atoms in total. The van der Waals surface area contributed by atoms with Crippen LogP contribution in [0.25, 0.3) is 0 Å². The topological polar surface area (TPSA) is 29.3 Å². The molecule has 0 aromatic rings. The smallest absolute Gasteiger partial charge is 0.0224 e. The summed E-state index contributed by atoms with van der Waals surface area (Å²) in [6.45, 7) is 5.63. The van der Waals surface area contributed by atoms with Gasteiger partial charge < -0.3 is 5.73 Å². The van der Waals surface area contributed by atoms with Crippen LogP contribution in [0.3, 0.4) is 0 Å². The van der Waals surface area contributed by atoms with Crippen molar-refractivity contribution in [2.45, 2.75) is 64.1 Å². The molecule has 82 valence electrons. The molecule has 0 amide bonds. The molecular weight excluding hydrogens is 172 g/mol. The van der Waals surface area contributed by atoms with E-state index in [1.165, 1.54) is 32.1 Å². The maximum absolute atomic E-state index is 5.88. The maximum atomic E-state index is 5.88. The number of piperidine rings is 1. The minimum atomic E-state index is 0.673. The molecule has 1 aliphatic heterocycles. The summed E-state index contributed by atoms with van der Waals surface area (Å²) in [5, 5.41) is 0. The van der Waals surface area contributed by atoms with Crippen LogP contribution in [0.15, 0.2) is 0 Å². The predicted octanol–water partition coefficient (Wildman–Crippen LogP) is 1.99. The lowest BCUT2D eigenvalue weighted by Gasteiger charge is -2.51. The first-order chi connectivity index (χ1) is 6.74. The molecule has 0 aromatic heterocycles. The van der Waals surface area contributed by atoms with E-state index >= 15 is 0 Å². The molecule has 1 aliphatic carbocycles. The zero-order valence-corrected chi connectivity index (χ0v) is 9.58. The fraction of sp³-hybridized carbons (Fsp3) is 1.00. The number of rotatable bonds is 2. The first-order valence-corrected chi connectivity index (χ1v) is 6.21. The summed E-state index contributed by atoms with van der Waals surface area (Å²) in [5.74, 6) is 0.907. The second-order valence-corrected chi connectivity index (χ2v) is 5.24. The van der Waals surface area contributed by atoms with Gasteiger partial charge in [0.05, 0.1) is 0 Å². The molecule has 4 atom stereocenters. The van der Waals surface area contributed by atoms with Crippen molar-refractivity contribution in [3.05, 3.63) is 0 Å². The molecule has 0 aromatic carbocycles. The van der Waals surface area contributed by atoms with Gasteiger partial charge in [0, 0.05) is 24.7 Å². The SMILES string of the molecule is CC1CCC1N1C(C)CCCC1CN. The number of nitrogens with zero attached hydrogens (tertiary/aromatic N) is 1. The van der Waals surface area contributed by atoms with Gasteiger partial charge in [-0.25, -0.2) is 0 Å². The van der Waals surface area contributed by atoms with Crippen LogP contribution in [0.5, 0.6) is 0 Å². The summed E-state index contributed by atoms with van der Waals surface area (Å²) in [6, 6.07) is 2.29. The normalized spacial score (nSPS) is 44.8. The molecule has 0 radical (unpaired) electrons. The minimum Gasteiger partial charge on any atom is -0.329 e. The van der Waals surface area contributed by atoms with E-state index in [0.29, 0.717) is 6.04 Å². The standard InChI is InChI=1S/C12H24N2/c1-9-6-7-12(9)14-10(2)4-3-5-11(14)8-13/h9-12H,3-8,13H2,1-2H3. The van der Waals surface area contributed by atoms with Crippen LogP contribution >= 0.6 is 0 Å². The minimum absolute atomic E-state index is 0.673. The van der Waals surface area contributed by atoms with Crippen LogP contribution in [0.1, 0.15) is 46.0 Å². The van der Waals surface area contributed by atoms with Crippen LogP contribution in [0.4, 0.5) is 0 Å². The molecule has 14 heavy (non-hydrogen) atoms. The third-order valence-corrected chi connectivity index (χ3v) is 4.32. The molecule has 1 heterocycles. The van der Waals surface area contributed by atoms with E-state index in [0.717, 1.165) is 24.5 Å². The van der Waals surface area contributed by atoms with Crippen LogP contribution in [-0.2, 0) is 0 Å². The van der Waals surface area contributed by atoms with Gasteiger partial charge >= 0.3 is 0 Å². The molecule has 1 saturated carbocycles. The van der Waals surface area contributed by atoms with Gasteiger partial charge in [0.1, 0.15) is 0 Å². The third-order valence-electron chi connectivity index (χ3n) is 4.32. The van der Waals surface area contributed by atoms with Crippen molar-refractivity contribution in [3.8, 4) is 0 Å². The van der Waals surface area contributed by atoms with E-state index in [-0.39, 0.29) is 0 Å². The Hall–Kier alpha value is -0.0800. The number of nitrogens with two attached hydrogens (primary N) is 1. The molecule has 1 saturated heterocycles. The van der Waals surface area contributed by atoms with Crippen LogP contribution in [0, 0.1) is 5.92 Å². The summed E-state index contributed by atoms with van der Waals surface area (Å²) in [5.41, 5.74) is 5.88. The van der Waals surface area contributed by atoms with Crippen LogP contribution < -0.4 is 5.73 Å². The Morgan fingerprint density at radius 2 is 1.93 bits per heavy atom. The van der Waals surface area contributed by atoms with Gasteiger partial charge in [0.15, 0.2) is 0 Å². The molecule has 2 rings (SSSR count). The van der Waals surface area contributed by atoms with Crippen molar-refractivity contribution in [1.29, 1.82) is 0 Å². The van der Waals surface area contributed by atoms with Crippen molar-refractivity contribution in [1.82, 2.24) is 4.90 Å². The fourth-order valence-electron chi connectivity index (χ4n) is 3.24. The number of hydrogen-bond donors (Lipinski definition) is 1. The second kappa shape index (κ2) is 4.19. The lowest BCUT2D eigenvalue weighted by atomic mass is 9.77. The first-order valence-electron chi connectivity index (χ1n) is 6.21. The largest absolute Gasteiger partial charge is 0.329 e. The highest BCUT2D eigenvalue weighted by Crippen LogP contribution is 2.37. The lowest BCUT2D eigenvalue weighted by molar-refractivity contribution is -0.0169.